The van der Waals surface area contributed by atoms with Crippen LogP contribution in [-0.4, -0.2) is 23.1 Å². The Balaban J connectivity index is 2.38. The van der Waals surface area contributed by atoms with Gasteiger partial charge in [-0.1, -0.05) is 6.07 Å². The molecule has 1 aromatic heterocycles. The van der Waals surface area contributed by atoms with Crippen molar-refractivity contribution < 1.29 is 18.3 Å². The Morgan fingerprint density at radius 1 is 1.17 bits per heavy atom. The van der Waals surface area contributed by atoms with Crippen molar-refractivity contribution in [3.05, 3.63) is 53.2 Å². The molecule has 2 rings (SSSR count). The molecule has 0 N–H and O–H groups in total. The van der Waals surface area contributed by atoms with E-state index in [1.54, 1.807) is 0 Å². The Morgan fingerprint density at radius 2 is 1.94 bits per heavy atom. The van der Waals surface area contributed by atoms with Gasteiger partial charge in [-0.2, -0.15) is 0 Å². The second-order valence-corrected chi connectivity index (χ2v) is 3.39. The molecule has 2 aromatic rings. The summed E-state index contributed by atoms with van der Waals surface area (Å²) in [6.07, 6.45) is 0. The molecule has 0 spiro atoms. The molecule has 0 radical (unpaired) electrons. The zero-order valence-corrected chi connectivity index (χ0v) is 9.35. The van der Waals surface area contributed by atoms with E-state index in [1.807, 2.05) is 0 Å². The lowest BCUT2D eigenvalue weighted by Crippen LogP contribution is -2.08. The van der Waals surface area contributed by atoms with Gasteiger partial charge in [0.25, 0.3) is 0 Å². The maximum absolute atomic E-state index is 13.4. The van der Waals surface area contributed by atoms with Crippen LogP contribution in [0.15, 0.2) is 30.3 Å². The Morgan fingerprint density at radius 3 is 2.56 bits per heavy atom. The quantitative estimate of drug-likeness (QED) is 0.782. The summed E-state index contributed by atoms with van der Waals surface area (Å²) in [6, 6.07) is 6.12. The third-order valence-electron chi connectivity index (χ3n) is 2.28. The predicted molar refractivity (Wildman–Crippen MR) is 58.4 cm³/mol. The van der Waals surface area contributed by atoms with Gasteiger partial charge in [0.1, 0.15) is 5.69 Å². The fourth-order valence-electron chi connectivity index (χ4n) is 1.37. The van der Waals surface area contributed by atoms with Gasteiger partial charge in [0.05, 0.1) is 12.7 Å². The van der Waals surface area contributed by atoms with E-state index < -0.39 is 17.4 Å². The molecule has 0 bridgehead atoms. The van der Waals surface area contributed by atoms with Crippen LogP contribution < -0.4 is 4.74 Å². The van der Waals surface area contributed by atoms with E-state index in [-0.39, 0.29) is 17.1 Å². The lowest BCUT2D eigenvalue weighted by Gasteiger charge is -2.02. The highest BCUT2D eigenvalue weighted by atomic mass is 19.2. The normalized spacial score (nSPS) is 10.2. The van der Waals surface area contributed by atoms with Crippen molar-refractivity contribution in [3.8, 4) is 5.88 Å². The molecule has 0 saturated heterocycles. The number of carbonyl (C=O) groups is 1. The zero-order chi connectivity index (χ0) is 13.1. The number of halogens is 2. The van der Waals surface area contributed by atoms with Crippen LogP contribution in [0.1, 0.15) is 16.1 Å². The number of methoxy groups -OCH3 is 1. The van der Waals surface area contributed by atoms with Crippen LogP contribution in [0.25, 0.3) is 0 Å². The highest BCUT2D eigenvalue weighted by Crippen LogP contribution is 2.15. The maximum Gasteiger partial charge on any atom is 0.233 e. The van der Waals surface area contributed by atoms with Crippen LogP contribution in [0.5, 0.6) is 5.88 Å². The predicted octanol–water partition coefficient (Wildman–Crippen LogP) is 1.99. The highest BCUT2D eigenvalue weighted by molar-refractivity contribution is 6.07. The summed E-state index contributed by atoms with van der Waals surface area (Å²) in [5.74, 6) is -2.78. The summed E-state index contributed by atoms with van der Waals surface area (Å²) in [7, 11) is 1.40. The maximum atomic E-state index is 13.4. The molecule has 0 amide bonds. The molecule has 18 heavy (non-hydrogen) atoms. The third kappa shape index (κ3) is 2.17. The number of rotatable bonds is 3. The number of hydrogen-bond donors (Lipinski definition) is 0. The van der Waals surface area contributed by atoms with E-state index in [2.05, 4.69) is 10.2 Å². The number of hydrogen-bond acceptors (Lipinski definition) is 4. The minimum atomic E-state index is -1.19. The fraction of sp³-hybridized carbons (Fsp3) is 0.0833. The number of ether oxygens (including phenoxy) is 1. The average Bonchev–Trinajstić information content (AvgIpc) is 2.41. The number of ketones is 1. The molecule has 6 heteroatoms. The summed E-state index contributed by atoms with van der Waals surface area (Å²) < 4.78 is 31.2. The zero-order valence-electron chi connectivity index (χ0n) is 9.35. The number of benzene rings is 1. The fourth-order valence-corrected chi connectivity index (χ4v) is 1.37. The van der Waals surface area contributed by atoms with Crippen molar-refractivity contribution in [1.29, 1.82) is 0 Å². The van der Waals surface area contributed by atoms with Gasteiger partial charge < -0.3 is 4.74 Å². The highest BCUT2D eigenvalue weighted by Gasteiger charge is 2.18. The SMILES string of the molecule is COc1ccc(C(=O)c2cccc(F)c2F)nn1. The summed E-state index contributed by atoms with van der Waals surface area (Å²) >= 11 is 0. The van der Waals surface area contributed by atoms with E-state index in [0.717, 1.165) is 6.07 Å². The Labute approximate surface area is 101 Å². The van der Waals surface area contributed by atoms with Crippen molar-refractivity contribution in [3.63, 3.8) is 0 Å². The van der Waals surface area contributed by atoms with Gasteiger partial charge in [0, 0.05) is 6.07 Å². The van der Waals surface area contributed by atoms with Gasteiger partial charge in [-0.15, -0.1) is 10.2 Å². The van der Waals surface area contributed by atoms with Gasteiger partial charge in [0.2, 0.25) is 11.7 Å². The van der Waals surface area contributed by atoms with E-state index in [9.17, 15) is 13.6 Å². The van der Waals surface area contributed by atoms with Crippen molar-refractivity contribution in [1.82, 2.24) is 10.2 Å². The largest absolute Gasteiger partial charge is 0.480 e. The summed E-state index contributed by atoms with van der Waals surface area (Å²) in [5, 5.41) is 7.17. The van der Waals surface area contributed by atoms with Crippen LogP contribution in [0, 0.1) is 11.6 Å². The minimum Gasteiger partial charge on any atom is -0.480 e. The van der Waals surface area contributed by atoms with Crippen molar-refractivity contribution >= 4 is 5.78 Å². The van der Waals surface area contributed by atoms with Crippen LogP contribution in [0.2, 0.25) is 0 Å². The second-order valence-electron chi connectivity index (χ2n) is 3.39. The van der Waals surface area contributed by atoms with Crippen LogP contribution in [-0.2, 0) is 0 Å². The van der Waals surface area contributed by atoms with Crippen LogP contribution in [0.3, 0.4) is 0 Å². The second kappa shape index (κ2) is 4.87. The first-order chi connectivity index (χ1) is 8.63. The van der Waals surface area contributed by atoms with E-state index >= 15 is 0 Å². The Hall–Kier alpha value is -2.37. The topological polar surface area (TPSA) is 52.1 Å². The molecule has 0 saturated carbocycles. The van der Waals surface area contributed by atoms with Crippen molar-refractivity contribution in [2.24, 2.45) is 0 Å². The number of carbonyl (C=O) groups excluding carboxylic acids is 1. The first kappa shape index (κ1) is 12.1. The molecule has 0 fully saturated rings. The van der Waals surface area contributed by atoms with Gasteiger partial charge in [0.15, 0.2) is 11.6 Å². The Bertz CT molecular complexity index is 585. The summed E-state index contributed by atoms with van der Waals surface area (Å²) in [4.78, 5) is 11.9. The number of nitrogens with zero attached hydrogens (tertiary/aromatic N) is 2. The number of aromatic nitrogens is 2. The van der Waals surface area contributed by atoms with Crippen molar-refractivity contribution in [2.75, 3.05) is 7.11 Å². The first-order valence-electron chi connectivity index (χ1n) is 5.00. The monoisotopic (exact) mass is 250 g/mol. The van der Waals surface area contributed by atoms with E-state index in [1.165, 1.54) is 31.4 Å². The minimum absolute atomic E-state index is 0.0831. The molecular weight excluding hydrogens is 242 g/mol. The molecule has 0 aliphatic rings. The van der Waals surface area contributed by atoms with E-state index in [0.29, 0.717) is 0 Å². The average molecular weight is 250 g/mol. The molecular formula is C12H8F2N2O2. The lowest BCUT2D eigenvalue weighted by molar-refractivity contribution is 0.102. The standard InChI is InChI=1S/C12H8F2N2O2/c1-18-10-6-5-9(15-16-10)12(17)7-3-2-4-8(13)11(7)14/h2-6H,1H3. The summed E-state index contributed by atoms with van der Waals surface area (Å²) in [5.41, 5.74) is -0.463. The summed E-state index contributed by atoms with van der Waals surface area (Å²) in [6.45, 7) is 0. The molecule has 4 nitrogen and oxygen atoms in total. The van der Waals surface area contributed by atoms with Crippen molar-refractivity contribution in [2.45, 2.75) is 0 Å². The Kier molecular flexibility index (Phi) is 3.27. The van der Waals surface area contributed by atoms with Gasteiger partial charge in [-0.25, -0.2) is 8.78 Å². The molecule has 0 aliphatic heterocycles. The molecule has 1 aromatic carbocycles. The molecule has 0 atom stereocenters. The van der Waals surface area contributed by atoms with Gasteiger partial charge >= 0.3 is 0 Å². The third-order valence-corrected chi connectivity index (χ3v) is 2.28. The molecule has 1 heterocycles. The van der Waals surface area contributed by atoms with Gasteiger partial charge in [-0.3, -0.25) is 4.79 Å². The molecule has 0 unspecified atom stereocenters. The molecule has 0 aliphatic carbocycles. The molecule has 92 valence electrons. The smallest absolute Gasteiger partial charge is 0.233 e. The van der Waals surface area contributed by atoms with Crippen LogP contribution in [0.4, 0.5) is 8.78 Å². The van der Waals surface area contributed by atoms with Gasteiger partial charge in [-0.05, 0) is 18.2 Å². The van der Waals surface area contributed by atoms with Crippen LogP contribution >= 0.6 is 0 Å². The van der Waals surface area contributed by atoms with E-state index in [4.69, 9.17) is 4.74 Å². The first-order valence-corrected chi connectivity index (χ1v) is 5.00. The lowest BCUT2D eigenvalue weighted by atomic mass is 10.1.